The molecule has 1 fully saturated rings. The molecular weight excluding hydrogens is 847 g/mol. The first-order chi connectivity index (χ1) is 32.7. The van der Waals surface area contributed by atoms with Gasteiger partial charge in [-0.15, -0.1) is 0 Å². The number of amides is 1. The minimum absolute atomic E-state index is 0.0840. The van der Waals surface area contributed by atoms with Gasteiger partial charge in [0.25, 0.3) is 0 Å². The molecular formula is C56H103NO10. The van der Waals surface area contributed by atoms with Crippen LogP contribution in [0.1, 0.15) is 245 Å². The number of carbonyl (C=O) groups is 2. The van der Waals surface area contributed by atoms with E-state index in [4.69, 9.17) is 14.2 Å². The highest BCUT2D eigenvalue weighted by molar-refractivity contribution is 5.81. The Morgan fingerprint density at radius 3 is 1.52 bits per heavy atom. The third-order valence-electron chi connectivity index (χ3n) is 13.1. The Labute approximate surface area is 409 Å². The molecule has 0 aromatic rings. The molecule has 0 bridgehead atoms. The summed E-state index contributed by atoms with van der Waals surface area (Å²) < 4.78 is 17.5. The Morgan fingerprint density at radius 2 is 1.03 bits per heavy atom. The lowest BCUT2D eigenvalue weighted by Gasteiger charge is -2.41. The lowest BCUT2D eigenvalue weighted by Crippen LogP contribution is -2.61. The Balaban J connectivity index is 2.78. The zero-order chi connectivity index (χ0) is 49.0. The van der Waals surface area contributed by atoms with Crippen molar-refractivity contribution < 1.29 is 49.3 Å². The molecule has 392 valence electrons. The molecule has 0 radical (unpaired) electrons. The molecule has 67 heavy (non-hydrogen) atoms. The SMILES string of the molecule is CCCCCCCC/C=C\C/C=C/CC(O)C(=O)NC(COC1OC(CO)C(O)C(O)C1OC(=O)CCCCCCCCCCCCCCCC)C(O)/C=C/CCCCCCCCCCCC. The van der Waals surface area contributed by atoms with Crippen molar-refractivity contribution in [1.82, 2.24) is 5.32 Å². The third-order valence-corrected chi connectivity index (χ3v) is 13.1. The van der Waals surface area contributed by atoms with Crippen molar-refractivity contribution in [2.75, 3.05) is 13.2 Å². The van der Waals surface area contributed by atoms with Crippen molar-refractivity contribution in [2.45, 2.75) is 294 Å². The molecule has 1 amide bonds. The first-order valence-corrected chi connectivity index (χ1v) is 27.8. The first kappa shape index (κ1) is 62.9. The maximum Gasteiger partial charge on any atom is 0.306 e. The van der Waals surface area contributed by atoms with Gasteiger partial charge in [-0.05, 0) is 38.5 Å². The van der Waals surface area contributed by atoms with E-state index < -0.39 is 67.4 Å². The normalized spacial score (nSPS) is 20.3. The van der Waals surface area contributed by atoms with Crippen molar-refractivity contribution in [3.63, 3.8) is 0 Å². The minimum Gasteiger partial charge on any atom is -0.454 e. The van der Waals surface area contributed by atoms with Crippen molar-refractivity contribution in [3.8, 4) is 0 Å². The average Bonchev–Trinajstić information content (AvgIpc) is 3.32. The zero-order valence-electron chi connectivity index (χ0n) is 43.0. The summed E-state index contributed by atoms with van der Waals surface area (Å²) in [6.07, 6.45) is 40.7. The number of unbranched alkanes of at least 4 members (excludes halogenated alkanes) is 29. The van der Waals surface area contributed by atoms with E-state index in [0.29, 0.717) is 12.8 Å². The number of hydrogen-bond acceptors (Lipinski definition) is 10. The van der Waals surface area contributed by atoms with E-state index in [2.05, 4.69) is 38.2 Å². The molecule has 0 aromatic carbocycles. The number of ether oxygens (including phenoxy) is 3. The second-order valence-electron chi connectivity index (χ2n) is 19.3. The number of esters is 1. The van der Waals surface area contributed by atoms with E-state index in [-0.39, 0.29) is 19.4 Å². The summed E-state index contributed by atoms with van der Waals surface area (Å²) in [4.78, 5) is 26.3. The highest BCUT2D eigenvalue weighted by Gasteiger charge is 2.47. The Kier molecular flexibility index (Phi) is 42.3. The van der Waals surface area contributed by atoms with Gasteiger partial charge in [-0.1, -0.05) is 231 Å². The summed E-state index contributed by atoms with van der Waals surface area (Å²) in [6.45, 7) is 5.72. The van der Waals surface area contributed by atoms with Gasteiger partial charge in [0.1, 0.15) is 24.4 Å². The van der Waals surface area contributed by atoms with Crippen LogP contribution in [0.2, 0.25) is 0 Å². The van der Waals surface area contributed by atoms with Crippen molar-refractivity contribution in [3.05, 3.63) is 36.5 Å². The Bertz CT molecular complexity index is 1230. The summed E-state index contributed by atoms with van der Waals surface area (Å²) in [6, 6.07) is -1.05. The topological polar surface area (TPSA) is 175 Å². The lowest BCUT2D eigenvalue weighted by molar-refractivity contribution is -0.305. The van der Waals surface area contributed by atoms with Crippen LogP contribution in [0.25, 0.3) is 0 Å². The second kappa shape index (κ2) is 45.0. The summed E-state index contributed by atoms with van der Waals surface area (Å²) in [5.41, 5.74) is 0. The van der Waals surface area contributed by atoms with Gasteiger partial charge in [0.05, 0.1) is 25.4 Å². The predicted molar refractivity (Wildman–Crippen MR) is 274 cm³/mol. The molecule has 11 heteroatoms. The van der Waals surface area contributed by atoms with Crippen LogP contribution in [0.15, 0.2) is 36.5 Å². The summed E-state index contributed by atoms with van der Waals surface area (Å²) in [7, 11) is 0. The number of carbonyl (C=O) groups excluding carboxylic acids is 2. The summed E-state index contributed by atoms with van der Waals surface area (Å²) in [5.74, 6) is -1.26. The number of aliphatic hydroxyl groups excluding tert-OH is 5. The molecule has 0 aromatic heterocycles. The zero-order valence-corrected chi connectivity index (χ0v) is 43.0. The van der Waals surface area contributed by atoms with Gasteiger partial charge in [0.2, 0.25) is 5.91 Å². The van der Waals surface area contributed by atoms with Crippen LogP contribution < -0.4 is 5.32 Å². The molecule has 11 nitrogen and oxygen atoms in total. The molecule has 8 unspecified atom stereocenters. The van der Waals surface area contributed by atoms with Gasteiger partial charge in [-0.3, -0.25) is 9.59 Å². The number of aliphatic hydroxyl groups is 5. The van der Waals surface area contributed by atoms with Crippen LogP contribution in [0.4, 0.5) is 0 Å². The molecule has 1 aliphatic rings. The predicted octanol–water partition coefficient (Wildman–Crippen LogP) is 11.9. The van der Waals surface area contributed by atoms with E-state index in [1.165, 1.54) is 154 Å². The third kappa shape index (κ3) is 34.0. The molecule has 0 spiro atoms. The van der Waals surface area contributed by atoms with E-state index >= 15 is 0 Å². The maximum absolute atomic E-state index is 13.3. The number of nitrogens with one attached hydrogen (secondary N) is 1. The Morgan fingerprint density at radius 1 is 0.582 bits per heavy atom. The van der Waals surface area contributed by atoms with Gasteiger partial charge in [0.15, 0.2) is 12.4 Å². The average molecular weight is 950 g/mol. The largest absolute Gasteiger partial charge is 0.454 e. The van der Waals surface area contributed by atoms with Crippen LogP contribution >= 0.6 is 0 Å². The van der Waals surface area contributed by atoms with E-state index in [1.54, 1.807) is 12.2 Å². The van der Waals surface area contributed by atoms with Crippen molar-refractivity contribution in [1.29, 1.82) is 0 Å². The standard InChI is InChI=1S/C56H103NO10/c1-4-7-10-13-16-19-22-25-26-29-32-35-38-41-44-51(61)67-54-53(63)52(62)50(45-58)66-56(54)65-46-47(48(59)42-39-36-33-30-27-23-20-17-14-11-8-5-2)57-55(64)49(60)43-40-37-34-31-28-24-21-18-15-12-9-6-3/h28,31,37,39-40,42,47-50,52-54,56,58-60,62-63H,4-27,29-30,32-36,38,41,43-46H2,1-3H3,(H,57,64)/b31-28-,40-37+,42-39+. The summed E-state index contributed by atoms with van der Waals surface area (Å²) in [5, 5.41) is 56.5. The highest BCUT2D eigenvalue weighted by atomic mass is 16.7. The van der Waals surface area contributed by atoms with Crippen LogP contribution in [0, 0.1) is 0 Å². The monoisotopic (exact) mass is 950 g/mol. The van der Waals surface area contributed by atoms with Crippen LogP contribution in [-0.2, 0) is 23.8 Å². The Hall–Kier alpha value is -2.12. The van der Waals surface area contributed by atoms with Gasteiger partial charge < -0.3 is 45.1 Å². The second-order valence-corrected chi connectivity index (χ2v) is 19.3. The van der Waals surface area contributed by atoms with Crippen molar-refractivity contribution in [2.24, 2.45) is 0 Å². The van der Waals surface area contributed by atoms with Crippen LogP contribution in [0.5, 0.6) is 0 Å². The fourth-order valence-corrected chi connectivity index (χ4v) is 8.58. The number of rotatable bonds is 46. The van der Waals surface area contributed by atoms with Gasteiger partial charge in [-0.25, -0.2) is 0 Å². The van der Waals surface area contributed by atoms with E-state index in [9.17, 15) is 35.1 Å². The molecule has 8 atom stereocenters. The maximum atomic E-state index is 13.3. The molecule has 0 aliphatic carbocycles. The fourth-order valence-electron chi connectivity index (χ4n) is 8.58. The quantitative estimate of drug-likeness (QED) is 0.0196. The molecule has 1 saturated heterocycles. The molecule has 1 rings (SSSR count). The smallest absolute Gasteiger partial charge is 0.306 e. The number of hydrogen-bond donors (Lipinski definition) is 6. The lowest BCUT2D eigenvalue weighted by atomic mass is 9.99. The van der Waals surface area contributed by atoms with Gasteiger partial charge in [0, 0.05) is 12.8 Å². The van der Waals surface area contributed by atoms with Gasteiger partial charge in [-0.2, -0.15) is 0 Å². The molecule has 1 heterocycles. The highest BCUT2D eigenvalue weighted by Crippen LogP contribution is 2.26. The van der Waals surface area contributed by atoms with Crippen LogP contribution in [0.3, 0.4) is 0 Å². The molecule has 0 saturated carbocycles. The number of allylic oxidation sites excluding steroid dienone is 4. The fraction of sp³-hybridized carbons (Fsp3) is 0.857. The van der Waals surface area contributed by atoms with Gasteiger partial charge >= 0.3 is 5.97 Å². The van der Waals surface area contributed by atoms with E-state index in [0.717, 1.165) is 44.9 Å². The first-order valence-electron chi connectivity index (χ1n) is 27.8. The minimum atomic E-state index is -1.62. The van der Waals surface area contributed by atoms with Crippen LogP contribution in [-0.4, -0.2) is 99.6 Å². The van der Waals surface area contributed by atoms with Crippen molar-refractivity contribution >= 4 is 11.9 Å². The molecule has 1 aliphatic heterocycles. The van der Waals surface area contributed by atoms with E-state index in [1.807, 2.05) is 12.2 Å². The molecule has 6 N–H and O–H groups in total. The summed E-state index contributed by atoms with van der Waals surface area (Å²) >= 11 is 0.